The quantitative estimate of drug-likeness (QED) is 0.173. The molecule has 0 aliphatic rings. The van der Waals surface area contributed by atoms with Gasteiger partial charge in [-0.1, -0.05) is 146 Å². The maximum Gasteiger partial charge on any atom is 0.164 e. The highest BCUT2D eigenvalue weighted by molar-refractivity contribution is 7.26. The van der Waals surface area contributed by atoms with Gasteiger partial charge >= 0.3 is 0 Å². The molecule has 0 amide bonds. The summed E-state index contributed by atoms with van der Waals surface area (Å²) in [5, 5.41) is 11.8. The lowest BCUT2D eigenvalue weighted by Crippen LogP contribution is -2.02. The summed E-state index contributed by atoms with van der Waals surface area (Å²) >= 11 is 1.83. The largest absolute Gasteiger partial charge is 0.309 e. The van der Waals surface area contributed by atoms with E-state index in [4.69, 9.17) is 15.0 Å². The molecule has 4 aromatic heterocycles. The van der Waals surface area contributed by atoms with E-state index in [-0.39, 0.29) is 0 Å². The molecule has 0 unspecified atom stereocenters. The van der Waals surface area contributed by atoms with Crippen LogP contribution in [0.25, 0.3) is 131 Å². The van der Waals surface area contributed by atoms with Gasteiger partial charge in [0.1, 0.15) is 0 Å². The van der Waals surface area contributed by atoms with E-state index < -0.39 is 0 Å². The summed E-state index contributed by atoms with van der Waals surface area (Å²) in [5.41, 5.74) is 9.68. The van der Waals surface area contributed by atoms with Crippen LogP contribution in [0, 0.1) is 0 Å². The Kier molecular flexibility index (Phi) is 7.79. The van der Waals surface area contributed by atoms with Crippen LogP contribution in [0.2, 0.25) is 0 Å². The molecule has 10 aromatic carbocycles. The Labute approximate surface area is 376 Å². The summed E-state index contributed by atoms with van der Waals surface area (Å²) in [6, 6.07) is 76.1. The number of fused-ring (bicyclic) bond motifs is 11. The van der Waals surface area contributed by atoms with Gasteiger partial charge in [-0.15, -0.1) is 11.3 Å². The van der Waals surface area contributed by atoms with Crippen LogP contribution in [0.1, 0.15) is 0 Å². The Morgan fingerprint density at radius 1 is 0.338 bits per heavy atom. The molecule has 0 atom stereocenters. The van der Waals surface area contributed by atoms with E-state index in [0.717, 1.165) is 60.6 Å². The molecular formula is C59H35N5S. The Morgan fingerprint density at radius 2 is 0.938 bits per heavy atom. The molecule has 4 heterocycles. The van der Waals surface area contributed by atoms with E-state index in [1.165, 1.54) is 52.8 Å². The lowest BCUT2D eigenvalue weighted by atomic mass is 10.0. The van der Waals surface area contributed by atoms with E-state index in [0.29, 0.717) is 17.5 Å². The highest BCUT2D eigenvalue weighted by Crippen LogP contribution is 2.46. The summed E-state index contributed by atoms with van der Waals surface area (Å²) in [6.45, 7) is 0. The second-order valence-electron chi connectivity index (χ2n) is 16.8. The molecule has 14 aromatic rings. The summed E-state index contributed by atoms with van der Waals surface area (Å²) in [4.78, 5) is 16.4. The minimum absolute atomic E-state index is 0.630. The van der Waals surface area contributed by atoms with E-state index >= 15 is 0 Å². The first-order valence-electron chi connectivity index (χ1n) is 21.9. The van der Waals surface area contributed by atoms with Crippen molar-refractivity contribution in [3.63, 3.8) is 0 Å². The van der Waals surface area contributed by atoms with Crippen LogP contribution in [0.15, 0.2) is 212 Å². The molecule has 0 aliphatic heterocycles. The zero-order valence-corrected chi connectivity index (χ0v) is 35.7. The highest BCUT2D eigenvalue weighted by Gasteiger charge is 2.24. The van der Waals surface area contributed by atoms with Crippen LogP contribution in [0.5, 0.6) is 0 Å². The van der Waals surface area contributed by atoms with E-state index in [1.54, 1.807) is 0 Å². The van der Waals surface area contributed by atoms with Gasteiger partial charge in [0, 0.05) is 59.4 Å². The standard InChI is InChI=1S/C59H35N5S/c1-2-19-41(20-3-1)63-49-26-12-9-22-43(49)54-45(24-14-27-50(54)63)58-60-57(40-30-29-36-15-4-5-16-37(36)33-40)61-59(62-58)46-31-32-51(56-55(46)44-23-10-13-28-53(44)65-56)64-48-25-11-8-21-42(48)47-34-38-17-6-7-18-39(38)35-52(47)64/h1-35H. The molecule has 0 fully saturated rings. The molecule has 65 heavy (non-hydrogen) atoms. The van der Waals surface area contributed by atoms with Gasteiger partial charge < -0.3 is 9.13 Å². The maximum absolute atomic E-state index is 5.53. The number of aromatic nitrogens is 5. The molecule has 6 heteroatoms. The van der Waals surface area contributed by atoms with Crippen LogP contribution in [-0.4, -0.2) is 24.1 Å². The molecule has 14 rings (SSSR count). The van der Waals surface area contributed by atoms with Crippen molar-refractivity contribution in [1.29, 1.82) is 0 Å². The molecule has 0 aliphatic carbocycles. The first kappa shape index (κ1) is 36.1. The van der Waals surface area contributed by atoms with Crippen LogP contribution in [0.3, 0.4) is 0 Å². The minimum Gasteiger partial charge on any atom is -0.309 e. The summed E-state index contributed by atoms with van der Waals surface area (Å²) in [5.74, 6) is 1.90. The SMILES string of the molecule is c1ccc(-n2c3ccccc3c3c(-c4nc(-c5ccc6ccccc6c5)nc(-c5ccc(-n6c7ccccc7c7cc8ccccc8cc76)c6sc7ccccc7c56)n4)cccc32)cc1. The third-order valence-electron chi connectivity index (χ3n) is 13.1. The van der Waals surface area contributed by atoms with Gasteiger partial charge in [0.25, 0.3) is 0 Å². The van der Waals surface area contributed by atoms with Crippen molar-refractivity contribution in [1.82, 2.24) is 24.1 Å². The van der Waals surface area contributed by atoms with Crippen molar-refractivity contribution >= 4 is 96.7 Å². The number of rotatable bonds is 5. The fourth-order valence-corrected chi connectivity index (χ4v) is 11.5. The first-order chi connectivity index (χ1) is 32.2. The third kappa shape index (κ3) is 5.48. The fourth-order valence-electron chi connectivity index (χ4n) is 10.2. The van der Waals surface area contributed by atoms with E-state index in [9.17, 15) is 0 Å². The van der Waals surface area contributed by atoms with E-state index in [1.807, 2.05) is 11.3 Å². The lowest BCUT2D eigenvalue weighted by molar-refractivity contribution is 1.08. The van der Waals surface area contributed by atoms with Gasteiger partial charge in [-0.3, -0.25) is 0 Å². The highest BCUT2D eigenvalue weighted by atomic mass is 32.1. The molecule has 0 radical (unpaired) electrons. The number of nitrogens with zero attached hydrogens (tertiary/aromatic N) is 5. The molecule has 5 nitrogen and oxygen atoms in total. The third-order valence-corrected chi connectivity index (χ3v) is 14.3. The smallest absolute Gasteiger partial charge is 0.164 e. The number of benzene rings is 10. The molecule has 0 bridgehead atoms. The second kappa shape index (κ2) is 14.0. The Balaban J connectivity index is 1.07. The Morgan fingerprint density at radius 3 is 1.74 bits per heavy atom. The molecule has 0 N–H and O–H groups in total. The minimum atomic E-state index is 0.630. The Bertz CT molecular complexity index is 4250. The zero-order valence-electron chi connectivity index (χ0n) is 34.9. The molecule has 0 spiro atoms. The Hall–Kier alpha value is -8.45. The predicted octanol–water partition coefficient (Wildman–Crippen LogP) is 15.7. The normalized spacial score (nSPS) is 12.0. The van der Waals surface area contributed by atoms with Crippen LogP contribution < -0.4 is 0 Å². The van der Waals surface area contributed by atoms with Gasteiger partial charge in [0.15, 0.2) is 17.5 Å². The summed E-state index contributed by atoms with van der Waals surface area (Å²) < 4.78 is 7.20. The van der Waals surface area contributed by atoms with Gasteiger partial charge in [0.2, 0.25) is 0 Å². The predicted molar refractivity (Wildman–Crippen MR) is 273 cm³/mol. The molecule has 0 saturated heterocycles. The average molecular weight is 846 g/mol. The van der Waals surface area contributed by atoms with Crippen molar-refractivity contribution in [3.05, 3.63) is 212 Å². The van der Waals surface area contributed by atoms with Crippen molar-refractivity contribution in [2.75, 3.05) is 0 Å². The average Bonchev–Trinajstić information content (AvgIpc) is 4.03. The van der Waals surface area contributed by atoms with E-state index in [2.05, 4.69) is 221 Å². The van der Waals surface area contributed by atoms with Crippen molar-refractivity contribution in [2.24, 2.45) is 0 Å². The fraction of sp³-hybridized carbons (Fsp3) is 0. The zero-order chi connectivity index (χ0) is 42.6. The van der Waals surface area contributed by atoms with Gasteiger partial charge in [0.05, 0.1) is 32.5 Å². The number of hydrogen-bond donors (Lipinski definition) is 0. The lowest BCUT2D eigenvalue weighted by Gasteiger charge is -2.14. The monoisotopic (exact) mass is 845 g/mol. The van der Waals surface area contributed by atoms with Crippen molar-refractivity contribution < 1.29 is 0 Å². The van der Waals surface area contributed by atoms with Crippen LogP contribution >= 0.6 is 11.3 Å². The topological polar surface area (TPSA) is 48.5 Å². The molecular weight excluding hydrogens is 811 g/mol. The molecule has 0 saturated carbocycles. The van der Waals surface area contributed by atoms with Gasteiger partial charge in [-0.05, 0) is 88.3 Å². The summed E-state index contributed by atoms with van der Waals surface area (Å²) in [7, 11) is 0. The van der Waals surface area contributed by atoms with Gasteiger partial charge in [-0.2, -0.15) is 0 Å². The van der Waals surface area contributed by atoms with Gasteiger partial charge in [-0.25, -0.2) is 15.0 Å². The number of thiophene rings is 1. The van der Waals surface area contributed by atoms with Crippen molar-refractivity contribution in [2.45, 2.75) is 0 Å². The van der Waals surface area contributed by atoms with Crippen LogP contribution in [0.4, 0.5) is 0 Å². The maximum atomic E-state index is 5.53. The summed E-state index contributed by atoms with van der Waals surface area (Å²) in [6.07, 6.45) is 0. The first-order valence-corrected chi connectivity index (χ1v) is 22.8. The van der Waals surface area contributed by atoms with Crippen LogP contribution in [-0.2, 0) is 0 Å². The number of para-hydroxylation sites is 3. The van der Waals surface area contributed by atoms with Crippen molar-refractivity contribution in [3.8, 4) is 45.5 Å². The molecule has 302 valence electrons. The second-order valence-corrected chi connectivity index (χ2v) is 17.8. The number of hydrogen-bond acceptors (Lipinski definition) is 4.